The zero-order chi connectivity index (χ0) is 17.2. The van der Waals surface area contributed by atoms with Crippen LogP contribution in [0.3, 0.4) is 0 Å². The number of amides is 3. The van der Waals surface area contributed by atoms with Crippen molar-refractivity contribution in [2.24, 2.45) is 5.41 Å². The smallest absolute Gasteiger partial charge is 0.319 e. The molecule has 0 bridgehead atoms. The molecule has 2 fully saturated rings. The van der Waals surface area contributed by atoms with Crippen LogP contribution < -0.4 is 5.32 Å². The van der Waals surface area contributed by atoms with Gasteiger partial charge in [0.25, 0.3) is 0 Å². The Labute approximate surface area is 142 Å². The molecule has 7 heteroatoms. The summed E-state index contributed by atoms with van der Waals surface area (Å²) in [5, 5.41) is 2.95. The SMILES string of the molecule is CN(C)C(=O)N1CCN(Cc2ccncc2)CC2(CNC(=O)C2)C1. The number of nitrogens with one attached hydrogen (secondary N) is 1. The van der Waals surface area contributed by atoms with Crippen molar-refractivity contribution in [2.45, 2.75) is 13.0 Å². The van der Waals surface area contributed by atoms with E-state index in [-0.39, 0.29) is 17.4 Å². The number of urea groups is 1. The van der Waals surface area contributed by atoms with Crippen LogP contribution in [0.4, 0.5) is 4.79 Å². The van der Waals surface area contributed by atoms with Gasteiger partial charge in [0, 0.05) is 77.6 Å². The van der Waals surface area contributed by atoms with E-state index < -0.39 is 0 Å². The van der Waals surface area contributed by atoms with Gasteiger partial charge >= 0.3 is 6.03 Å². The highest BCUT2D eigenvalue weighted by Gasteiger charge is 2.44. The van der Waals surface area contributed by atoms with Crippen molar-refractivity contribution in [3.8, 4) is 0 Å². The number of carbonyl (C=O) groups excluding carboxylic acids is 2. The zero-order valence-corrected chi connectivity index (χ0v) is 14.4. The third kappa shape index (κ3) is 3.67. The van der Waals surface area contributed by atoms with E-state index in [9.17, 15) is 9.59 Å². The van der Waals surface area contributed by atoms with Crippen LogP contribution in [0.25, 0.3) is 0 Å². The molecule has 0 radical (unpaired) electrons. The largest absolute Gasteiger partial charge is 0.355 e. The second-order valence-electron chi connectivity index (χ2n) is 7.12. The lowest BCUT2D eigenvalue weighted by Crippen LogP contribution is -2.47. The molecule has 3 amide bonds. The van der Waals surface area contributed by atoms with Crippen molar-refractivity contribution in [2.75, 3.05) is 46.8 Å². The number of nitrogens with zero attached hydrogens (tertiary/aromatic N) is 4. The molecule has 0 aliphatic carbocycles. The van der Waals surface area contributed by atoms with Crippen molar-refractivity contribution in [3.63, 3.8) is 0 Å². The fourth-order valence-electron chi connectivity index (χ4n) is 3.65. The highest BCUT2D eigenvalue weighted by Crippen LogP contribution is 2.31. The van der Waals surface area contributed by atoms with Gasteiger partial charge in [-0.3, -0.25) is 14.7 Å². The van der Waals surface area contributed by atoms with Gasteiger partial charge in [0.15, 0.2) is 0 Å². The Bertz CT molecular complexity index is 606. The summed E-state index contributed by atoms with van der Waals surface area (Å²) in [4.78, 5) is 34.2. The van der Waals surface area contributed by atoms with Gasteiger partial charge in [0.1, 0.15) is 0 Å². The standard InChI is InChI=1S/C17H25N5O2/c1-20(2)16(24)22-8-7-21(10-14-3-5-18-6-4-14)12-17(13-22)9-15(23)19-11-17/h3-6H,7-13H2,1-2H3,(H,19,23). The fourth-order valence-corrected chi connectivity index (χ4v) is 3.65. The van der Waals surface area contributed by atoms with Gasteiger partial charge in [-0.25, -0.2) is 4.79 Å². The molecule has 3 heterocycles. The Morgan fingerprint density at radius 3 is 2.67 bits per heavy atom. The summed E-state index contributed by atoms with van der Waals surface area (Å²) in [6, 6.07) is 4.04. The molecule has 2 aliphatic heterocycles. The molecule has 2 saturated heterocycles. The molecule has 1 aromatic heterocycles. The monoisotopic (exact) mass is 331 g/mol. The van der Waals surface area contributed by atoms with Crippen molar-refractivity contribution in [3.05, 3.63) is 30.1 Å². The third-order valence-electron chi connectivity index (χ3n) is 4.78. The van der Waals surface area contributed by atoms with E-state index in [1.807, 2.05) is 17.0 Å². The average Bonchev–Trinajstić information content (AvgIpc) is 2.81. The number of aromatic nitrogens is 1. The van der Waals surface area contributed by atoms with E-state index in [2.05, 4.69) is 15.2 Å². The van der Waals surface area contributed by atoms with Crippen molar-refractivity contribution in [1.82, 2.24) is 25.0 Å². The van der Waals surface area contributed by atoms with Crippen molar-refractivity contribution in [1.29, 1.82) is 0 Å². The van der Waals surface area contributed by atoms with Gasteiger partial charge in [-0.15, -0.1) is 0 Å². The third-order valence-corrected chi connectivity index (χ3v) is 4.78. The van der Waals surface area contributed by atoms with Gasteiger partial charge in [-0.05, 0) is 17.7 Å². The average molecular weight is 331 g/mol. The minimum Gasteiger partial charge on any atom is -0.355 e. The predicted molar refractivity (Wildman–Crippen MR) is 90.2 cm³/mol. The van der Waals surface area contributed by atoms with Crippen LogP contribution >= 0.6 is 0 Å². The second kappa shape index (κ2) is 6.76. The summed E-state index contributed by atoms with van der Waals surface area (Å²) < 4.78 is 0. The lowest BCUT2D eigenvalue weighted by molar-refractivity contribution is -0.119. The summed E-state index contributed by atoms with van der Waals surface area (Å²) >= 11 is 0. The Kier molecular flexibility index (Phi) is 4.71. The van der Waals surface area contributed by atoms with Crippen LogP contribution in [-0.2, 0) is 11.3 Å². The van der Waals surface area contributed by atoms with E-state index in [0.717, 1.165) is 19.6 Å². The molecule has 0 saturated carbocycles. The molecule has 130 valence electrons. The molecule has 24 heavy (non-hydrogen) atoms. The van der Waals surface area contributed by atoms with E-state index in [1.165, 1.54) is 5.56 Å². The number of pyridine rings is 1. The molecule has 1 unspecified atom stereocenters. The Morgan fingerprint density at radius 1 is 1.29 bits per heavy atom. The summed E-state index contributed by atoms with van der Waals surface area (Å²) in [5.74, 6) is 0.0815. The first-order valence-corrected chi connectivity index (χ1v) is 8.32. The molecule has 0 aromatic carbocycles. The van der Waals surface area contributed by atoms with Crippen LogP contribution in [0, 0.1) is 5.41 Å². The van der Waals surface area contributed by atoms with Gasteiger partial charge in [0.05, 0.1) is 0 Å². The first-order valence-electron chi connectivity index (χ1n) is 8.32. The molecule has 1 spiro atoms. The lowest BCUT2D eigenvalue weighted by Gasteiger charge is -2.33. The quantitative estimate of drug-likeness (QED) is 0.851. The first-order chi connectivity index (χ1) is 11.5. The van der Waals surface area contributed by atoms with Crippen LogP contribution in [0.1, 0.15) is 12.0 Å². The van der Waals surface area contributed by atoms with E-state index in [4.69, 9.17) is 0 Å². The van der Waals surface area contributed by atoms with Gasteiger partial charge in [-0.1, -0.05) is 0 Å². The van der Waals surface area contributed by atoms with Gasteiger partial charge in [-0.2, -0.15) is 0 Å². The van der Waals surface area contributed by atoms with E-state index >= 15 is 0 Å². The minimum absolute atomic E-state index is 0.0134. The fraction of sp³-hybridized carbons (Fsp3) is 0.588. The topological polar surface area (TPSA) is 68.8 Å². The summed E-state index contributed by atoms with van der Waals surface area (Å²) in [6.45, 7) is 4.36. The predicted octanol–water partition coefficient (Wildman–Crippen LogP) is 0.387. The molecule has 7 nitrogen and oxygen atoms in total. The van der Waals surface area contributed by atoms with Crippen molar-refractivity contribution < 1.29 is 9.59 Å². The maximum Gasteiger partial charge on any atom is 0.319 e. The first kappa shape index (κ1) is 16.7. The maximum absolute atomic E-state index is 12.5. The van der Waals surface area contributed by atoms with E-state index in [0.29, 0.717) is 26.1 Å². The lowest BCUT2D eigenvalue weighted by atomic mass is 9.86. The molecular weight excluding hydrogens is 306 g/mol. The minimum atomic E-state index is -0.202. The Hall–Kier alpha value is -2.15. The number of hydrogen-bond donors (Lipinski definition) is 1. The molecule has 1 atom stereocenters. The normalized spacial score (nSPS) is 24.8. The van der Waals surface area contributed by atoms with Gasteiger partial charge in [0.2, 0.25) is 5.91 Å². The molecular formula is C17H25N5O2. The summed E-state index contributed by atoms with van der Waals surface area (Å²) in [7, 11) is 3.54. The number of carbonyl (C=O) groups is 2. The van der Waals surface area contributed by atoms with Crippen LogP contribution in [-0.4, -0.2) is 78.4 Å². The molecule has 3 rings (SSSR count). The number of hydrogen-bond acceptors (Lipinski definition) is 4. The highest BCUT2D eigenvalue weighted by molar-refractivity contribution is 5.80. The van der Waals surface area contributed by atoms with Gasteiger partial charge < -0.3 is 15.1 Å². The van der Waals surface area contributed by atoms with E-state index in [1.54, 1.807) is 31.4 Å². The highest BCUT2D eigenvalue weighted by atomic mass is 16.2. The molecule has 1 aromatic rings. The Morgan fingerprint density at radius 2 is 2.04 bits per heavy atom. The zero-order valence-electron chi connectivity index (χ0n) is 14.4. The molecule has 1 N–H and O–H groups in total. The Balaban J connectivity index is 1.78. The van der Waals surface area contributed by atoms with Crippen LogP contribution in [0.15, 0.2) is 24.5 Å². The van der Waals surface area contributed by atoms with Crippen LogP contribution in [0.2, 0.25) is 0 Å². The summed E-state index contributed by atoms with van der Waals surface area (Å²) in [6.07, 6.45) is 4.08. The molecule has 2 aliphatic rings. The second-order valence-corrected chi connectivity index (χ2v) is 7.12. The maximum atomic E-state index is 12.5. The summed E-state index contributed by atoms with van der Waals surface area (Å²) in [5.41, 5.74) is 0.997. The number of rotatable bonds is 2. The van der Waals surface area contributed by atoms with Crippen molar-refractivity contribution >= 4 is 11.9 Å². The van der Waals surface area contributed by atoms with Crippen LogP contribution in [0.5, 0.6) is 0 Å².